The molecule has 0 aromatic heterocycles. The van der Waals surface area contributed by atoms with Crippen molar-refractivity contribution in [1.29, 1.82) is 0 Å². The molecule has 0 aromatic carbocycles. The van der Waals surface area contributed by atoms with Crippen molar-refractivity contribution in [3.63, 3.8) is 0 Å². The van der Waals surface area contributed by atoms with E-state index in [0.717, 1.165) is 0 Å². The molecule has 0 bridgehead atoms. The predicted octanol–water partition coefficient (Wildman–Crippen LogP) is 1.86. The van der Waals surface area contributed by atoms with Crippen molar-refractivity contribution in [2.24, 2.45) is 0 Å². The van der Waals surface area contributed by atoms with Gasteiger partial charge in [-0.2, -0.15) is 12.4 Å². The van der Waals surface area contributed by atoms with Crippen LogP contribution >= 0.6 is 0 Å². The largest absolute Gasteiger partial charge is 2.00 e. The minimum absolute atomic E-state index is 0. The fourth-order valence-corrected chi connectivity index (χ4v) is 1.29. The number of carbonyl (C=O) groups is 4. The van der Waals surface area contributed by atoms with E-state index in [-0.39, 0.29) is 63.9 Å². The Hall–Kier alpha value is -1.75. The summed E-state index contributed by atoms with van der Waals surface area (Å²) in [5.41, 5.74) is 0.0717. The molecule has 0 aliphatic rings. The van der Waals surface area contributed by atoms with E-state index in [0.29, 0.717) is 0 Å². The second kappa shape index (κ2) is 11.0. The quantitative estimate of drug-likeness (QED) is 0.211. The van der Waals surface area contributed by atoms with Crippen molar-refractivity contribution in [2.75, 3.05) is 13.1 Å². The minimum Gasteiger partial charge on any atom is -0.691 e. The Bertz CT molecular complexity index is 405. The van der Waals surface area contributed by atoms with Gasteiger partial charge in [0, 0.05) is 11.1 Å². The third-order valence-electron chi connectivity index (χ3n) is 2.32. The number of hydrogen-bond donors (Lipinski definition) is 0. The van der Waals surface area contributed by atoms with Gasteiger partial charge in [0.25, 0.3) is 0 Å². The molecule has 0 N–H and O–H groups in total. The van der Waals surface area contributed by atoms with E-state index in [9.17, 15) is 19.2 Å². The van der Waals surface area contributed by atoms with Crippen LogP contribution in [0.2, 0.25) is 0 Å². The summed E-state index contributed by atoms with van der Waals surface area (Å²) < 4.78 is 0. The fraction of sp³-hybridized carbons (Fsp3) is 0.429. The molecule has 0 amide bonds. The maximum Gasteiger partial charge on any atom is 2.00 e. The Morgan fingerprint density at radius 1 is 0.667 bits per heavy atom. The monoisotopic (exact) mass is 336 g/mol. The van der Waals surface area contributed by atoms with Crippen molar-refractivity contribution in [3.8, 4) is 0 Å². The van der Waals surface area contributed by atoms with E-state index in [2.05, 4.69) is 10.6 Å². The minimum atomic E-state index is -0.339. The molecular formula is C14H18N2NiO4. The predicted molar refractivity (Wildman–Crippen MR) is 75.3 cm³/mol. The van der Waals surface area contributed by atoms with Gasteiger partial charge in [0.05, 0.1) is 0 Å². The molecule has 0 heterocycles. The van der Waals surface area contributed by atoms with Crippen LogP contribution in [0.1, 0.15) is 27.7 Å². The molecule has 0 atom stereocenters. The van der Waals surface area contributed by atoms with Crippen LogP contribution in [0.3, 0.4) is 0 Å². The summed E-state index contributed by atoms with van der Waals surface area (Å²) >= 11 is 0. The van der Waals surface area contributed by atoms with Gasteiger partial charge in [0.2, 0.25) is 0 Å². The molecule has 0 unspecified atom stereocenters. The fourth-order valence-electron chi connectivity index (χ4n) is 1.29. The number of hydrogen-bond acceptors (Lipinski definition) is 4. The molecule has 0 fully saturated rings. The van der Waals surface area contributed by atoms with Crippen molar-refractivity contribution < 1.29 is 35.7 Å². The first kappa shape index (κ1) is 21.6. The van der Waals surface area contributed by atoms with Crippen molar-refractivity contribution in [3.05, 3.63) is 34.2 Å². The smallest absolute Gasteiger partial charge is 0.691 e. The zero-order chi connectivity index (χ0) is 15.7. The molecule has 118 valence electrons. The van der Waals surface area contributed by atoms with E-state index in [1.165, 1.54) is 40.1 Å². The molecule has 0 aromatic rings. The summed E-state index contributed by atoms with van der Waals surface area (Å²) in [7, 11) is 0. The average molecular weight is 337 g/mol. The van der Waals surface area contributed by atoms with E-state index >= 15 is 0 Å². The summed E-state index contributed by atoms with van der Waals surface area (Å²) in [4.78, 5) is 44.3. The van der Waals surface area contributed by atoms with E-state index in [1.807, 2.05) is 0 Å². The van der Waals surface area contributed by atoms with Crippen molar-refractivity contribution >= 4 is 23.1 Å². The normalized spacial score (nSPS) is 8.76. The Morgan fingerprint density at radius 2 is 0.905 bits per heavy atom. The molecule has 0 spiro atoms. The third-order valence-corrected chi connectivity index (χ3v) is 2.32. The Labute approximate surface area is 134 Å². The average Bonchev–Trinajstić information content (AvgIpc) is 2.30. The first-order valence-electron chi connectivity index (χ1n) is 6.04. The molecule has 0 saturated heterocycles. The molecule has 0 rings (SSSR count). The number of ketones is 4. The summed E-state index contributed by atoms with van der Waals surface area (Å²) in [6, 6.07) is 0. The Balaban J connectivity index is 0. The van der Waals surface area contributed by atoms with E-state index < -0.39 is 0 Å². The number of rotatable bonds is 9. The van der Waals surface area contributed by atoms with Crippen LogP contribution in [0, 0.1) is 0 Å². The van der Waals surface area contributed by atoms with Crippen molar-refractivity contribution in [2.45, 2.75) is 27.7 Å². The first-order valence-corrected chi connectivity index (χ1v) is 6.04. The van der Waals surface area contributed by atoms with Crippen molar-refractivity contribution in [1.82, 2.24) is 0 Å². The SMILES string of the molecule is CC(=O)C(=C[N-]CC[N-]C=C(C(C)=O)C(C)=O)C(C)=O.[Ni+2]. The van der Waals surface area contributed by atoms with Gasteiger partial charge in [-0.3, -0.25) is 19.2 Å². The number of carbonyl (C=O) groups excluding carboxylic acids is 4. The maximum absolute atomic E-state index is 11.1. The van der Waals surface area contributed by atoms with Gasteiger partial charge in [-0.15, -0.1) is 13.1 Å². The van der Waals surface area contributed by atoms with Gasteiger partial charge in [0.1, 0.15) is 0 Å². The topological polar surface area (TPSA) is 96.5 Å². The molecule has 6 nitrogen and oxygen atoms in total. The number of Topliss-reactive ketones (excluding diaryl/α,β-unsaturated/α-hetero) is 4. The number of nitrogens with zero attached hydrogens (tertiary/aromatic N) is 2. The van der Waals surface area contributed by atoms with Crippen LogP contribution in [0.15, 0.2) is 23.5 Å². The first-order chi connectivity index (χ1) is 9.27. The standard InChI is InChI=1S/C14H20N2O4.Ni/c1-9(17)13(10(2)18)7-15-5-6-16-8-14(11(3)19)12(4)20;/h7-8H,5-6H2,1-4H3,(H2,15,16,17,18,19,20);/q;+2/p-2. The van der Waals surface area contributed by atoms with Crippen LogP contribution in [0.4, 0.5) is 0 Å². The Kier molecular flexibility index (Phi) is 11.3. The summed E-state index contributed by atoms with van der Waals surface area (Å²) in [5.74, 6) is -1.36. The van der Waals surface area contributed by atoms with Crippen LogP contribution in [0.5, 0.6) is 0 Å². The van der Waals surface area contributed by atoms with Crippen LogP contribution < -0.4 is 0 Å². The van der Waals surface area contributed by atoms with Gasteiger partial charge in [-0.25, -0.2) is 0 Å². The number of allylic oxidation sites excluding steroid dienone is 2. The van der Waals surface area contributed by atoms with Gasteiger partial charge >= 0.3 is 16.5 Å². The summed E-state index contributed by atoms with van der Waals surface area (Å²) in [5, 5.41) is 7.81. The van der Waals surface area contributed by atoms with Crippen LogP contribution in [-0.4, -0.2) is 36.2 Å². The zero-order valence-electron chi connectivity index (χ0n) is 12.4. The van der Waals surface area contributed by atoms with E-state index in [1.54, 1.807) is 0 Å². The van der Waals surface area contributed by atoms with Crippen LogP contribution in [-0.2, 0) is 35.7 Å². The van der Waals surface area contributed by atoms with Gasteiger partial charge in [0.15, 0.2) is 23.1 Å². The molecular weight excluding hydrogens is 319 g/mol. The molecule has 0 aliphatic heterocycles. The molecule has 0 aliphatic carbocycles. The summed E-state index contributed by atoms with van der Waals surface area (Å²) in [6.07, 6.45) is 2.45. The molecule has 0 saturated carbocycles. The third kappa shape index (κ3) is 8.92. The zero-order valence-corrected chi connectivity index (χ0v) is 13.4. The van der Waals surface area contributed by atoms with Gasteiger partial charge in [-0.1, -0.05) is 0 Å². The summed E-state index contributed by atoms with van der Waals surface area (Å²) in [6.45, 7) is 5.68. The second-order valence-electron chi connectivity index (χ2n) is 4.12. The van der Waals surface area contributed by atoms with E-state index in [4.69, 9.17) is 0 Å². The molecule has 0 radical (unpaired) electrons. The molecule has 21 heavy (non-hydrogen) atoms. The maximum atomic E-state index is 11.1. The Morgan fingerprint density at radius 3 is 1.10 bits per heavy atom. The van der Waals surface area contributed by atoms with Gasteiger partial charge < -0.3 is 10.6 Å². The van der Waals surface area contributed by atoms with Crippen LogP contribution in [0.25, 0.3) is 10.6 Å². The van der Waals surface area contributed by atoms with Gasteiger partial charge in [-0.05, 0) is 27.7 Å². The molecule has 7 heteroatoms. The second-order valence-corrected chi connectivity index (χ2v) is 4.12.